The van der Waals surface area contributed by atoms with E-state index in [2.05, 4.69) is 51.2 Å². The molecule has 1 aliphatic rings. The zero-order valence-corrected chi connectivity index (χ0v) is 21.2. The van der Waals surface area contributed by atoms with E-state index in [0.717, 1.165) is 66.0 Å². The van der Waals surface area contributed by atoms with Gasteiger partial charge < -0.3 is 10.6 Å². The van der Waals surface area contributed by atoms with Crippen LogP contribution in [0.2, 0.25) is 0 Å². The quantitative estimate of drug-likeness (QED) is 0.375. The fourth-order valence-corrected chi connectivity index (χ4v) is 5.08. The van der Waals surface area contributed by atoms with E-state index in [-0.39, 0.29) is 23.8 Å². The molecule has 37 heavy (non-hydrogen) atoms. The van der Waals surface area contributed by atoms with Gasteiger partial charge in [-0.25, -0.2) is 19.0 Å². The van der Waals surface area contributed by atoms with Crippen LogP contribution in [0.15, 0.2) is 48.9 Å². The van der Waals surface area contributed by atoms with Crippen molar-refractivity contribution in [1.82, 2.24) is 29.9 Å². The van der Waals surface area contributed by atoms with E-state index in [4.69, 9.17) is 10.7 Å². The molecule has 4 heterocycles. The summed E-state index contributed by atoms with van der Waals surface area (Å²) in [5.74, 6) is 1.70. The third-order valence-corrected chi connectivity index (χ3v) is 7.14. The van der Waals surface area contributed by atoms with Gasteiger partial charge in [0, 0.05) is 35.5 Å². The largest absolute Gasteiger partial charge is 0.369 e. The normalized spacial score (nSPS) is 18.5. The molecule has 4 aromatic rings. The summed E-state index contributed by atoms with van der Waals surface area (Å²) in [4.78, 5) is 23.3. The summed E-state index contributed by atoms with van der Waals surface area (Å²) in [5.41, 5.74) is 9.56. The number of hydrogen-bond donors (Lipinski definition) is 2. The van der Waals surface area contributed by atoms with E-state index < -0.39 is 5.82 Å². The lowest BCUT2D eigenvalue weighted by atomic mass is 9.80. The van der Waals surface area contributed by atoms with Crippen molar-refractivity contribution in [2.75, 3.05) is 4.90 Å². The van der Waals surface area contributed by atoms with Crippen molar-refractivity contribution in [3.05, 3.63) is 77.3 Å². The van der Waals surface area contributed by atoms with Crippen LogP contribution >= 0.6 is 0 Å². The number of H-pyrrole nitrogens is 1. The predicted octanol–water partition coefficient (Wildman–Crippen LogP) is 4.80. The molecule has 0 saturated heterocycles. The molecule has 1 atom stereocenters. The third kappa shape index (κ3) is 5.23. The number of aromatic amines is 1. The minimum absolute atomic E-state index is 0.0437. The van der Waals surface area contributed by atoms with Crippen LogP contribution in [-0.2, 0) is 4.79 Å². The van der Waals surface area contributed by atoms with Gasteiger partial charge in [-0.15, -0.1) is 0 Å². The maximum atomic E-state index is 13.4. The van der Waals surface area contributed by atoms with Crippen LogP contribution in [0.1, 0.15) is 67.1 Å². The molecular formula is C27H31FN8O. The number of nitrogens with one attached hydrogen (secondary N) is 1. The Morgan fingerprint density at radius 3 is 2.51 bits per heavy atom. The zero-order chi connectivity index (χ0) is 26.1. The fraction of sp³-hybridized carbons (Fsp3) is 0.370. The maximum Gasteiger partial charge on any atom is 0.220 e. The molecule has 9 nitrogen and oxygen atoms in total. The Morgan fingerprint density at radius 2 is 1.92 bits per heavy atom. The second-order valence-electron chi connectivity index (χ2n) is 9.89. The number of hydrogen-bond acceptors (Lipinski definition) is 6. The number of aromatic nitrogens is 6. The van der Waals surface area contributed by atoms with Gasteiger partial charge in [-0.3, -0.25) is 9.89 Å². The van der Waals surface area contributed by atoms with E-state index >= 15 is 0 Å². The van der Waals surface area contributed by atoms with Gasteiger partial charge >= 0.3 is 0 Å². The summed E-state index contributed by atoms with van der Waals surface area (Å²) in [6, 6.07) is 9.82. The van der Waals surface area contributed by atoms with Gasteiger partial charge in [0.15, 0.2) is 17.5 Å². The first-order chi connectivity index (χ1) is 17.8. The van der Waals surface area contributed by atoms with Gasteiger partial charge in [-0.2, -0.15) is 10.2 Å². The molecule has 0 unspecified atom stereocenters. The standard InChI is InChI=1S/C27H31FN8O/c1-16-10-23(19-4-6-20(7-5-19)27(29)37)32-25(11-16)36(26-12-17(2)33-34-26)18(3)21-8-9-24(30-13-21)35-15-22(28)14-31-35/h8-15,18-20H,4-7H2,1-3H3,(H2,29,37)(H,33,34)/t18-,19?,20?/m0/s1. The monoisotopic (exact) mass is 502 g/mol. The van der Waals surface area contributed by atoms with Crippen LogP contribution in [0.5, 0.6) is 0 Å². The second-order valence-corrected chi connectivity index (χ2v) is 9.89. The molecule has 4 aromatic heterocycles. The Morgan fingerprint density at radius 1 is 1.14 bits per heavy atom. The van der Waals surface area contributed by atoms with Crippen LogP contribution in [0.3, 0.4) is 0 Å². The molecule has 0 aromatic carbocycles. The number of anilines is 2. The van der Waals surface area contributed by atoms with E-state index in [1.54, 1.807) is 6.20 Å². The molecule has 1 aliphatic carbocycles. The molecule has 0 bridgehead atoms. The van der Waals surface area contributed by atoms with Crippen LogP contribution in [-0.4, -0.2) is 35.9 Å². The molecule has 192 valence electrons. The van der Waals surface area contributed by atoms with Gasteiger partial charge in [0.1, 0.15) is 5.82 Å². The molecule has 5 rings (SSSR count). The Labute approximate surface area is 214 Å². The van der Waals surface area contributed by atoms with Gasteiger partial charge in [0.2, 0.25) is 5.91 Å². The lowest BCUT2D eigenvalue weighted by molar-refractivity contribution is -0.122. The number of halogens is 1. The third-order valence-electron chi connectivity index (χ3n) is 7.14. The Bertz CT molecular complexity index is 1390. The number of nitrogens with two attached hydrogens (primary N) is 1. The SMILES string of the molecule is Cc1cc(C2CCC(C(N)=O)CC2)nc(N(c2cc(C)[nH]n2)[C@@H](C)c2ccc(-n3cc(F)cn3)nc2)c1. The number of amides is 1. The molecule has 1 saturated carbocycles. The van der Waals surface area contributed by atoms with Crippen LogP contribution in [0.4, 0.5) is 16.0 Å². The van der Waals surface area contributed by atoms with Crippen molar-refractivity contribution in [2.45, 2.75) is 58.4 Å². The van der Waals surface area contributed by atoms with Crippen molar-refractivity contribution in [2.24, 2.45) is 11.7 Å². The number of nitrogens with zero attached hydrogens (tertiary/aromatic N) is 6. The molecule has 0 spiro atoms. The lowest BCUT2D eigenvalue weighted by Gasteiger charge is -2.31. The van der Waals surface area contributed by atoms with Crippen molar-refractivity contribution < 1.29 is 9.18 Å². The number of carbonyl (C=O) groups is 1. The van der Waals surface area contributed by atoms with Crippen LogP contribution in [0.25, 0.3) is 5.82 Å². The summed E-state index contributed by atoms with van der Waals surface area (Å²) in [7, 11) is 0. The molecule has 1 amide bonds. The predicted molar refractivity (Wildman–Crippen MR) is 138 cm³/mol. The van der Waals surface area contributed by atoms with E-state index in [1.807, 2.05) is 25.1 Å². The number of aryl methyl sites for hydroxylation is 2. The first-order valence-corrected chi connectivity index (χ1v) is 12.5. The highest BCUT2D eigenvalue weighted by Gasteiger charge is 2.28. The van der Waals surface area contributed by atoms with E-state index in [0.29, 0.717) is 5.82 Å². The van der Waals surface area contributed by atoms with Gasteiger partial charge in [-0.05, 0) is 75.8 Å². The molecule has 3 N–H and O–H groups in total. The summed E-state index contributed by atoms with van der Waals surface area (Å²) in [6.45, 7) is 6.11. The summed E-state index contributed by atoms with van der Waals surface area (Å²) < 4.78 is 14.8. The number of carbonyl (C=O) groups excluding carboxylic acids is 1. The lowest BCUT2D eigenvalue weighted by Crippen LogP contribution is -2.27. The highest BCUT2D eigenvalue weighted by Crippen LogP contribution is 2.38. The van der Waals surface area contributed by atoms with Gasteiger partial charge in [0.25, 0.3) is 0 Å². The minimum atomic E-state index is -0.413. The number of rotatable bonds is 7. The smallest absolute Gasteiger partial charge is 0.220 e. The van der Waals surface area contributed by atoms with Crippen LogP contribution < -0.4 is 10.6 Å². The second kappa shape index (κ2) is 10.1. The van der Waals surface area contributed by atoms with Crippen molar-refractivity contribution >= 4 is 17.5 Å². The summed E-state index contributed by atoms with van der Waals surface area (Å²) >= 11 is 0. The first-order valence-electron chi connectivity index (χ1n) is 12.5. The fourth-order valence-electron chi connectivity index (χ4n) is 5.08. The van der Waals surface area contributed by atoms with Gasteiger partial charge in [0.05, 0.1) is 18.4 Å². The Hall–Kier alpha value is -4.08. The molecular weight excluding hydrogens is 471 g/mol. The number of primary amides is 1. The first kappa shape index (κ1) is 24.6. The van der Waals surface area contributed by atoms with Crippen molar-refractivity contribution in [1.29, 1.82) is 0 Å². The van der Waals surface area contributed by atoms with E-state index in [1.165, 1.54) is 10.9 Å². The zero-order valence-electron chi connectivity index (χ0n) is 21.2. The summed E-state index contributed by atoms with van der Waals surface area (Å²) in [6.07, 6.45) is 7.58. The van der Waals surface area contributed by atoms with E-state index in [9.17, 15) is 9.18 Å². The Kier molecular flexibility index (Phi) is 6.73. The molecule has 0 aliphatic heterocycles. The highest BCUT2D eigenvalue weighted by molar-refractivity contribution is 5.76. The minimum Gasteiger partial charge on any atom is -0.369 e. The molecule has 1 fully saturated rings. The number of pyridine rings is 2. The average Bonchev–Trinajstić information content (AvgIpc) is 3.52. The van der Waals surface area contributed by atoms with Crippen molar-refractivity contribution in [3.8, 4) is 5.82 Å². The van der Waals surface area contributed by atoms with Crippen LogP contribution in [0, 0.1) is 25.6 Å². The molecule has 0 radical (unpaired) electrons. The topological polar surface area (TPSA) is 119 Å². The van der Waals surface area contributed by atoms with Crippen molar-refractivity contribution in [3.63, 3.8) is 0 Å². The average molecular weight is 503 g/mol. The van der Waals surface area contributed by atoms with Gasteiger partial charge in [-0.1, -0.05) is 6.07 Å². The summed E-state index contributed by atoms with van der Waals surface area (Å²) in [5, 5.41) is 11.6. The highest BCUT2D eigenvalue weighted by atomic mass is 19.1. The Balaban J connectivity index is 1.47. The maximum absolute atomic E-state index is 13.4. The molecule has 10 heteroatoms.